The number of amides is 1. The van der Waals surface area contributed by atoms with Crippen LogP contribution in [0, 0.1) is 0 Å². The van der Waals surface area contributed by atoms with E-state index in [0.29, 0.717) is 18.5 Å². The number of para-hydroxylation sites is 2. The van der Waals surface area contributed by atoms with Gasteiger partial charge < -0.3 is 14.7 Å². The number of nitrogens with zero attached hydrogens (tertiary/aromatic N) is 3. The van der Waals surface area contributed by atoms with Crippen LogP contribution >= 0.6 is 0 Å². The Labute approximate surface area is 169 Å². The third-order valence-corrected chi connectivity index (χ3v) is 6.11. The smallest absolute Gasteiger partial charge is 0.410 e. The van der Waals surface area contributed by atoms with Gasteiger partial charge in [-0.2, -0.15) is 0 Å². The lowest BCUT2D eigenvalue weighted by Gasteiger charge is -2.42. The lowest BCUT2D eigenvalue weighted by Crippen LogP contribution is -2.52. The highest BCUT2D eigenvalue weighted by molar-refractivity contribution is 5.73. The summed E-state index contributed by atoms with van der Waals surface area (Å²) in [6.45, 7) is 0.260. The minimum atomic E-state index is -1.07. The van der Waals surface area contributed by atoms with E-state index in [2.05, 4.69) is 9.97 Å². The van der Waals surface area contributed by atoms with Crippen LogP contribution < -0.4 is 0 Å². The number of ether oxygens (including phenoxy) is 1. The molecule has 3 aromatic rings. The lowest BCUT2D eigenvalue weighted by molar-refractivity contribution is -0.0564. The summed E-state index contributed by atoms with van der Waals surface area (Å²) in [5, 5.41) is 11.4. The van der Waals surface area contributed by atoms with Crippen LogP contribution in [-0.2, 0) is 16.9 Å². The van der Waals surface area contributed by atoms with Gasteiger partial charge in [-0.25, -0.2) is 9.78 Å². The Hall–Kier alpha value is -2.99. The Morgan fingerprint density at radius 2 is 1.69 bits per heavy atom. The van der Waals surface area contributed by atoms with Crippen molar-refractivity contribution in [3.05, 3.63) is 72.1 Å². The van der Waals surface area contributed by atoms with E-state index in [1.165, 1.54) is 0 Å². The minimum absolute atomic E-state index is 0.0460. The highest BCUT2D eigenvalue weighted by Crippen LogP contribution is 2.45. The summed E-state index contributed by atoms with van der Waals surface area (Å²) in [6.07, 6.45) is 4.02. The third kappa shape index (κ3) is 3.34. The molecule has 1 aromatic heterocycles. The Bertz CT molecular complexity index is 1030. The number of aliphatic hydroxyl groups is 1. The Kier molecular flexibility index (Phi) is 4.43. The molecule has 2 aliphatic heterocycles. The van der Waals surface area contributed by atoms with Gasteiger partial charge in [0, 0.05) is 24.9 Å². The normalized spacial score (nSPS) is 25.9. The van der Waals surface area contributed by atoms with Gasteiger partial charge in [0.1, 0.15) is 12.2 Å². The number of carbonyl (C=O) groups is 1. The fourth-order valence-electron chi connectivity index (χ4n) is 4.71. The number of aromatic nitrogens is 2. The first-order valence-electron chi connectivity index (χ1n) is 10.1. The number of hydrogen-bond acceptors (Lipinski definition) is 5. The van der Waals surface area contributed by atoms with Crippen LogP contribution in [0.2, 0.25) is 0 Å². The molecule has 2 atom stereocenters. The molecule has 2 fully saturated rings. The van der Waals surface area contributed by atoms with Crippen molar-refractivity contribution in [1.82, 2.24) is 14.9 Å². The van der Waals surface area contributed by atoms with Gasteiger partial charge >= 0.3 is 6.09 Å². The van der Waals surface area contributed by atoms with Gasteiger partial charge in [-0.15, -0.1) is 0 Å². The fourth-order valence-corrected chi connectivity index (χ4v) is 4.71. The third-order valence-electron chi connectivity index (χ3n) is 6.11. The van der Waals surface area contributed by atoms with Crippen LogP contribution in [0.15, 0.2) is 60.8 Å². The van der Waals surface area contributed by atoms with E-state index in [0.717, 1.165) is 29.4 Å². The van der Waals surface area contributed by atoms with Crippen molar-refractivity contribution in [1.29, 1.82) is 0 Å². The molecule has 1 N–H and O–H groups in total. The van der Waals surface area contributed by atoms with Crippen molar-refractivity contribution in [3.8, 4) is 0 Å². The van der Waals surface area contributed by atoms with Gasteiger partial charge in [-0.1, -0.05) is 42.5 Å². The Morgan fingerprint density at radius 1 is 1.03 bits per heavy atom. The van der Waals surface area contributed by atoms with Crippen LogP contribution in [0.1, 0.15) is 36.9 Å². The van der Waals surface area contributed by atoms with Gasteiger partial charge in [0.25, 0.3) is 0 Å². The molecule has 0 spiro atoms. The number of benzene rings is 2. The van der Waals surface area contributed by atoms with Gasteiger partial charge in [0.05, 0.1) is 22.9 Å². The molecule has 2 bridgehead atoms. The monoisotopic (exact) mass is 389 g/mol. The molecule has 148 valence electrons. The summed E-state index contributed by atoms with van der Waals surface area (Å²) >= 11 is 0. The zero-order chi connectivity index (χ0) is 19.8. The summed E-state index contributed by atoms with van der Waals surface area (Å²) in [7, 11) is 0. The van der Waals surface area contributed by atoms with E-state index in [1.54, 1.807) is 6.20 Å². The molecule has 2 aromatic carbocycles. The maximum atomic E-state index is 12.7. The quantitative estimate of drug-likeness (QED) is 0.738. The van der Waals surface area contributed by atoms with E-state index in [-0.39, 0.29) is 24.8 Å². The number of piperidine rings is 1. The first kappa shape index (κ1) is 18.1. The van der Waals surface area contributed by atoms with Gasteiger partial charge in [0.2, 0.25) is 0 Å². The average Bonchev–Trinajstić information content (AvgIpc) is 3.04. The number of hydrogen-bond donors (Lipinski definition) is 1. The average molecular weight is 389 g/mol. The zero-order valence-electron chi connectivity index (χ0n) is 16.1. The van der Waals surface area contributed by atoms with E-state index in [1.807, 2.05) is 59.5 Å². The highest BCUT2D eigenvalue weighted by atomic mass is 16.6. The number of carbonyl (C=O) groups excluding carboxylic acids is 1. The molecular formula is C23H23N3O3. The zero-order valence-corrected chi connectivity index (χ0v) is 16.1. The first-order chi connectivity index (χ1) is 14.1. The Morgan fingerprint density at radius 3 is 2.41 bits per heavy atom. The molecule has 1 amide bonds. The lowest BCUT2D eigenvalue weighted by atomic mass is 9.83. The molecule has 0 aliphatic carbocycles. The van der Waals surface area contributed by atoms with Crippen molar-refractivity contribution in [2.24, 2.45) is 0 Å². The molecule has 3 heterocycles. The summed E-state index contributed by atoms with van der Waals surface area (Å²) in [5.74, 6) is 0. The maximum absolute atomic E-state index is 12.7. The first-order valence-corrected chi connectivity index (χ1v) is 10.1. The molecule has 6 heteroatoms. The standard InChI is InChI=1S/C23H23N3O3/c27-22(29-15-16-6-2-1-3-7-16)26-17-10-11-18(26)13-23(28,12-17)21-14-24-19-8-4-5-9-20(19)25-21/h1-9,14,17-18,28H,10-13,15H2. The summed E-state index contributed by atoms with van der Waals surface area (Å²) in [5.41, 5.74) is 2.07. The highest BCUT2D eigenvalue weighted by Gasteiger charge is 2.51. The molecular weight excluding hydrogens is 366 g/mol. The summed E-state index contributed by atoms with van der Waals surface area (Å²) in [6, 6.07) is 17.2. The minimum Gasteiger partial charge on any atom is -0.445 e. The molecule has 0 saturated carbocycles. The predicted octanol–water partition coefficient (Wildman–Crippen LogP) is 3.78. The Balaban J connectivity index is 1.32. The van der Waals surface area contributed by atoms with Crippen LogP contribution in [-0.4, -0.2) is 38.2 Å². The van der Waals surface area contributed by atoms with E-state index >= 15 is 0 Å². The molecule has 0 radical (unpaired) electrons. The molecule has 6 nitrogen and oxygen atoms in total. The topological polar surface area (TPSA) is 75.5 Å². The van der Waals surface area contributed by atoms with Crippen molar-refractivity contribution < 1.29 is 14.6 Å². The predicted molar refractivity (Wildman–Crippen MR) is 108 cm³/mol. The molecule has 2 aliphatic rings. The van der Waals surface area contributed by atoms with E-state index in [4.69, 9.17) is 4.74 Å². The molecule has 2 unspecified atom stereocenters. The van der Waals surface area contributed by atoms with Crippen LogP contribution in [0.5, 0.6) is 0 Å². The second-order valence-corrected chi connectivity index (χ2v) is 8.02. The van der Waals surface area contributed by atoms with Crippen LogP contribution in [0.25, 0.3) is 11.0 Å². The summed E-state index contributed by atoms with van der Waals surface area (Å²) in [4.78, 5) is 23.7. The van der Waals surface area contributed by atoms with Gasteiger partial charge in [-0.05, 0) is 30.5 Å². The van der Waals surface area contributed by atoms with Crippen LogP contribution in [0.4, 0.5) is 4.79 Å². The van der Waals surface area contributed by atoms with Gasteiger partial charge in [-0.3, -0.25) is 4.98 Å². The second-order valence-electron chi connectivity index (χ2n) is 8.02. The summed E-state index contributed by atoms with van der Waals surface area (Å²) < 4.78 is 5.56. The van der Waals surface area contributed by atoms with Gasteiger partial charge in [0.15, 0.2) is 0 Å². The van der Waals surface area contributed by atoms with Crippen molar-refractivity contribution in [2.75, 3.05) is 0 Å². The maximum Gasteiger partial charge on any atom is 0.410 e. The largest absolute Gasteiger partial charge is 0.445 e. The van der Waals surface area contributed by atoms with E-state index < -0.39 is 5.60 Å². The second kappa shape index (κ2) is 7.12. The SMILES string of the molecule is O=C(OCc1ccccc1)N1C2CCC1CC(O)(c1cnc3ccccc3n1)C2. The molecule has 2 saturated heterocycles. The molecule has 5 rings (SSSR count). The number of fused-ring (bicyclic) bond motifs is 3. The number of rotatable bonds is 3. The molecule has 29 heavy (non-hydrogen) atoms. The van der Waals surface area contributed by atoms with E-state index in [9.17, 15) is 9.90 Å². The van der Waals surface area contributed by atoms with Crippen molar-refractivity contribution in [2.45, 2.75) is 50.0 Å². The fraction of sp³-hybridized carbons (Fsp3) is 0.348. The van der Waals surface area contributed by atoms with Crippen LogP contribution in [0.3, 0.4) is 0 Å². The van der Waals surface area contributed by atoms with Crippen molar-refractivity contribution >= 4 is 17.1 Å². The van der Waals surface area contributed by atoms with Crippen molar-refractivity contribution in [3.63, 3.8) is 0 Å².